The fourth-order valence-corrected chi connectivity index (χ4v) is 1.36. The van der Waals surface area contributed by atoms with Crippen molar-refractivity contribution in [3.8, 4) is 0 Å². The van der Waals surface area contributed by atoms with Crippen LogP contribution in [0.2, 0.25) is 12.6 Å². The van der Waals surface area contributed by atoms with Crippen LogP contribution < -0.4 is 0 Å². The smallest absolute Gasteiger partial charge is 0.295 e. The molecule has 0 radical (unpaired) electrons. The second-order valence-electron chi connectivity index (χ2n) is 4.01. The fraction of sp³-hybridized carbons (Fsp3) is 1.00. The van der Waals surface area contributed by atoms with Gasteiger partial charge >= 0.3 is 0 Å². The van der Waals surface area contributed by atoms with Gasteiger partial charge in [-0.1, -0.05) is 39.9 Å². The van der Waals surface area contributed by atoms with Crippen LogP contribution in [0.5, 0.6) is 0 Å². The van der Waals surface area contributed by atoms with Gasteiger partial charge < -0.3 is 9.39 Å². The molecule has 0 spiro atoms. The van der Waals surface area contributed by atoms with Crippen LogP contribution in [0.4, 0.5) is 0 Å². The Kier molecular flexibility index (Phi) is 12.0. The third-order valence-electron chi connectivity index (χ3n) is 2.53. The average molecular weight is 214 g/mol. The molecule has 0 aromatic heterocycles. The van der Waals surface area contributed by atoms with Crippen molar-refractivity contribution in [1.29, 1.82) is 0 Å². The van der Waals surface area contributed by atoms with Crippen molar-refractivity contribution in [2.75, 3.05) is 19.8 Å². The molecular formula is C12H27BO2. The minimum absolute atomic E-state index is 0.401. The van der Waals surface area contributed by atoms with Crippen molar-refractivity contribution >= 4 is 6.92 Å². The maximum Gasteiger partial charge on any atom is 0.295 e. The lowest BCUT2D eigenvalue weighted by Crippen LogP contribution is -2.19. The lowest BCUT2D eigenvalue weighted by Gasteiger charge is -2.12. The monoisotopic (exact) mass is 214 g/mol. The minimum Gasteiger partial charge on any atom is -0.436 e. The van der Waals surface area contributed by atoms with E-state index in [0.717, 1.165) is 32.5 Å². The van der Waals surface area contributed by atoms with E-state index in [1.165, 1.54) is 25.7 Å². The second kappa shape index (κ2) is 12.1. The first-order chi connectivity index (χ1) is 7.35. The fourth-order valence-electron chi connectivity index (χ4n) is 1.36. The predicted octanol–water partition coefficient (Wildman–Crippen LogP) is 3.63. The lowest BCUT2D eigenvalue weighted by atomic mass is 9.62. The van der Waals surface area contributed by atoms with Crippen molar-refractivity contribution in [3.05, 3.63) is 0 Å². The molecule has 0 aliphatic rings. The molecule has 0 N–H and O–H groups in total. The quantitative estimate of drug-likeness (QED) is 0.386. The molecule has 0 amide bonds. The van der Waals surface area contributed by atoms with E-state index >= 15 is 0 Å². The maximum absolute atomic E-state index is 5.76. The zero-order chi connectivity index (χ0) is 11.4. The van der Waals surface area contributed by atoms with Crippen molar-refractivity contribution < 1.29 is 9.39 Å². The van der Waals surface area contributed by atoms with Crippen molar-refractivity contribution in [2.24, 2.45) is 0 Å². The molecule has 0 aromatic carbocycles. The van der Waals surface area contributed by atoms with E-state index in [9.17, 15) is 0 Å². The van der Waals surface area contributed by atoms with Crippen LogP contribution in [0.15, 0.2) is 0 Å². The molecule has 3 heteroatoms. The second-order valence-corrected chi connectivity index (χ2v) is 4.01. The molecular weight excluding hydrogens is 187 g/mol. The molecule has 0 fully saturated rings. The summed E-state index contributed by atoms with van der Waals surface area (Å²) in [7, 11) is 0. The van der Waals surface area contributed by atoms with E-state index < -0.39 is 0 Å². The molecule has 90 valence electrons. The average Bonchev–Trinajstić information content (AvgIpc) is 2.26. The number of hydrogen-bond donors (Lipinski definition) is 0. The van der Waals surface area contributed by atoms with Gasteiger partial charge in [0, 0.05) is 19.8 Å². The molecule has 0 aliphatic carbocycles. The van der Waals surface area contributed by atoms with Gasteiger partial charge in [-0.15, -0.1) is 0 Å². The standard InChI is InChI=1S/C12H27BO2/c1-4-7-10-14-12-9-13(6-3)15-11-8-5-2/h4-12H2,1-3H3. The SMILES string of the molecule is CCCCOCCB(CC)OCCCC. The van der Waals surface area contributed by atoms with Crippen molar-refractivity contribution in [3.63, 3.8) is 0 Å². The van der Waals surface area contributed by atoms with E-state index in [0.29, 0.717) is 6.92 Å². The van der Waals surface area contributed by atoms with Crippen LogP contribution in [-0.4, -0.2) is 26.7 Å². The van der Waals surface area contributed by atoms with E-state index in [1.807, 2.05) is 0 Å². The molecule has 0 aliphatic heterocycles. The Bertz CT molecular complexity index is 120. The van der Waals surface area contributed by atoms with Crippen LogP contribution in [0.25, 0.3) is 0 Å². The Labute approximate surface area is 95.8 Å². The summed E-state index contributed by atoms with van der Waals surface area (Å²) in [5.74, 6) is 0. The summed E-state index contributed by atoms with van der Waals surface area (Å²) >= 11 is 0. The Morgan fingerprint density at radius 3 is 2.13 bits per heavy atom. The van der Waals surface area contributed by atoms with E-state index in [1.54, 1.807) is 0 Å². The van der Waals surface area contributed by atoms with E-state index in [2.05, 4.69) is 20.8 Å². The van der Waals surface area contributed by atoms with Crippen LogP contribution in [0, 0.1) is 0 Å². The maximum atomic E-state index is 5.76. The molecule has 0 saturated heterocycles. The largest absolute Gasteiger partial charge is 0.436 e. The van der Waals surface area contributed by atoms with Crippen molar-refractivity contribution in [2.45, 2.75) is 59.1 Å². The summed E-state index contributed by atoms with van der Waals surface area (Å²) in [5, 5.41) is 0. The van der Waals surface area contributed by atoms with Crippen LogP contribution in [0.1, 0.15) is 46.5 Å². The lowest BCUT2D eigenvalue weighted by molar-refractivity contribution is 0.141. The van der Waals surface area contributed by atoms with Crippen LogP contribution >= 0.6 is 0 Å². The summed E-state index contributed by atoms with van der Waals surface area (Å²) in [4.78, 5) is 0. The van der Waals surface area contributed by atoms with Crippen molar-refractivity contribution in [1.82, 2.24) is 0 Å². The van der Waals surface area contributed by atoms with Gasteiger partial charge in [0.15, 0.2) is 0 Å². The van der Waals surface area contributed by atoms with Gasteiger partial charge in [-0.2, -0.15) is 0 Å². The van der Waals surface area contributed by atoms with Gasteiger partial charge in [0.05, 0.1) is 0 Å². The molecule has 0 rings (SSSR count). The summed E-state index contributed by atoms with van der Waals surface area (Å²) in [6, 6.07) is 0. The summed E-state index contributed by atoms with van der Waals surface area (Å²) < 4.78 is 11.3. The Balaban J connectivity index is 3.28. The first-order valence-corrected chi connectivity index (χ1v) is 6.54. The zero-order valence-corrected chi connectivity index (χ0v) is 10.8. The third kappa shape index (κ3) is 10.3. The molecule has 0 heterocycles. The Morgan fingerprint density at radius 1 is 0.867 bits per heavy atom. The highest BCUT2D eigenvalue weighted by atomic mass is 16.5. The minimum atomic E-state index is 0.401. The summed E-state index contributed by atoms with van der Waals surface area (Å²) in [6.45, 7) is 9.63. The van der Waals surface area contributed by atoms with Gasteiger partial charge in [0.25, 0.3) is 6.92 Å². The van der Waals surface area contributed by atoms with Gasteiger partial charge in [-0.3, -0.25) is 0 Å². The molecule has 0 aromatic rings. The van der Waals surface area contributed by atoms with E-state index in [-0.39, 0.29) is 0 Å². The molecule has 2 nitrogen and oxygen atoms in total. The molecule has 15 heavy (non-hydrogen) atoms. The van der Waals surface area contributed by atoms with Gasteiger partial charge in [0.1, 0.15) is 0 Å². The van der Waals surface area contributed by atoms with Gasteiger partial charge in [-0.25, -0.2) is 0 Å². The highest BCUT2D eigenvalue weighted by Crippen LogP contribution is 2.03. The topological polar surface area (TPSA) is 18.5 Å². The highest BCUT2D eigenvalue weighted by molar-refractivity contribution is 6.51. The molecule has 0 atom stereocenters. The first kappa shape index (κ1) is 15.0. The first-order valence-electron chi connectivity index (χ1n) is 6.54. The molecule has 0 unspecified atom stereocenters. The number of ether oxygens (including phenoxy) is 1. The molecule has 0 saturated carbocycles. The highest BCUT2D eigenvalue weighted by Gasteiger charge is 2.11. The summed E-state index contributed by atoms with van der Waals surface area (Å²) in [6.07, 6.45) is 6.92. The van der Waals surface area contributed by atoms with Crippen LogP contribution in [0.3, 0.4) is 0 Å². The van der Waals surface area contributed by atoms with Gasteiger partial charge in [-0.05, 0) is 19.2 Å². The number of hydrogen-bond acceptors (Lipinski definition) is 2. The van der Waals surface area contributed by atoms with Gasteiger partial charge in [0.2, 0.25) is 0 Å². The summed E-state index contributed by atoms with van der Waals surface area (Å²) in [5.41, 5.74) is 0. The molecule has 0 bridgehead atoms. The predicted molar refractivity (Wildman–Crippen MR) is 67.6 cm³/mol. The number of unbranched alkanes of at least 4 members (excludes halogenated alkanes) is 2. The third-order valence-corrected chi connectivity index (χ3v) is 2.53. The Morgan fingerprint density at radius 2 is 1.53 bits per heavy atom. The Hall–Kier alpha value is -0.0151. The number of rotatable bonds is 11. The van der Waals surface area contributed by atoms with E-state index in [4.69, 9.17) is 9.39 Å². The zero-order valence-electron chi connectivity index (χ0n) is 10.8. The normalized spacial score (nSPS) is 10.6. The van der Waals surface area contributed by atoms with Crippen LogP contribution in [-0.2, 0) is 9.39 Å².